The van der Waals surface area contributed by atoms with E-state index in [1.54, 1.807) is 11.8 Å². The maximum Gasteiger partial charge on any atom is 0.244 e. The van der Waals surface area contributed by atoms with Crippen molar-refractivity contribution in [1.29, 1.82) is 5.26 Å². The van der Waals surface area contributed by atoms with Crippen molar-refractivity contribution in [3.05, 3.63) is 71.3 Å². The van der Waals surface area contributed by atoms with Crippen LogP contribution in [0, 0.1) is 17.2 Å². The molecular formula is C20H16N2OS. The maximum atomic E-state index is 13.4. The van der Waals surface area contributed by atoms with Crippen LogP contribution in [0.25, 0.3) is 0 Å². The monoisotopic (exact) mass is 332 g/mol. The van der Waals surface area contributed by atoms with Crippen molar-refractivity contribution >= 4 is 17.7 Å². The zero-order chi connectivity index (χ0) is 16.4. The zero-order valence-corrected chi connectivity index (χ0v) is 13.9. The van der Waals surface area contributed by atoms with E-state index in [4.69, 9.17) is 0 Å². The van der Waals surface area contributed by atoms with Crippen LogP contribution in [0.1, 0.15) is 23.1 Å². The number of carbonyl (C=O) groups is 1. The summed E-state index contributed by atoms with van der Waals surface area (Å²) in [6.45, 7) is 0.704. The lowest BCUT2D eigenvalue weighted by Crippen LogP contribution is -2.55. The van der Waals surface area contributed by atoms with E-state index in [0.717, 1.165) is 17.5 Å². The molecular weight excluding hydrogens is 316 g/mol. The van der Waals surface area contributed by atoms with E-state index in [1.807, 2.05) is 47.4 Å². The van der Waals surface area contributed by atoms with Crippen LogP contribution in [0.4, 0.5) is 0 Å². The number of nitrogens with zero attached hydrogens (tertiary/aromatic N) is 2. The van der Waals surface area contributed by atoms with Gasteiger partial charge in [0, 0.05) is 6.54 Å². The number of hydrogen-bond acceptors (Lipinski definition) is 3. The van der Waals surface area contributed by atoms with E-state index in [1.165, 1.54) is 5.56 Å². The Bertz CT molecular complexity index is 890. The lowest BCUT2D eigenvalue weighted by atomic mass is 9.75. The molecule has 0 N–H and O–H groups in total. The van der Waals surface area contributed by atoms with Gasteiger partial charge >= 0.3 is 0 Å². The van der Waals surface area contributed by atoms with Crippen molar-refractivity contribution in [2.45, 2.75) is 22.5 Å². The van der Waals surface area contributed by atoms with Gasteiger partial charge in [-0.25, -0.2) is 0 Å². The SMILES string of the molecule is N#CC1CC2(c3ccccc3)SC13c1ccccc1CCN3C2=O. The average molecular weight is 332 g/mol. The van der Waals surface area contributed by atoms with Crippen LogP contribution in [-0.2, 0) is 20.8 Å². The molecule has 3 atom stereocenters. The highest BCUT2D eigenvalue weighted by molar-refractivity contribution is 8.02. The molecule has 5 rings (SSSR count). The second-order valence-corrected chi connectivity index (χ2v) is 8.26. The summed E-state index contributed by atoms with van der Waals surface area (Å²) in [5, 5.41) is 9.89. The molecule has 3 nitrogen and oxygen atoms in total. The van der Waals surface area contributed by atoms with Gasteiger partial charge in [0.2, 0.25) is 5.91 Å². The molecule has 118 valence electrons. The van der Waals surface area contributed by atoms with Crippen LogP contribution in [0.15, 0.2) is 54.6 Å². The molecule has 2 bridgehead atoms. The molecule has 1 amide bonds. The Labute approximate surface area is 145 Å². The second kappa shape index (κ2) is 4.64. The first-order valence-electron chi connectivity index (χ1n) is 8.28. The smallest absolute Gasteiger partial charge is 0.244 e. The van der Waals surface area contributed by atoms with E-state index in [-0.39, 0.29) is 11.8 Å². The van der Waals surface area contributed by atoms with Crippen LogP contribution in [0.2, 0.25) is 0 Å². The lowest BCUT2D eigenvalue weighted by molar-refractivity contribution is -0.141. The third kappa shape index (κ3) is 1.47. The van der Waals surface area contributed by atoms with Crippen LogP contribution in [0.5, 0.6) is 0 Å². The quantitative estimate of drug-likeness (QED) is 0.804. The zero-order valence-electron chi connectivity index (χ0n) is 13.1. The summed E-state index contributed by atoms with van der Waals surface area (Å²) in [7, 11) is 0. The van der Waals surface area contributed by atoms with Crippen molar-refractivity contribution in [3.8, 4) is 6.07 Å². The van der Waals surface area contributed by atoms with Crippen molar-refractivity contribution in [1.82, 2.24) is 4.90 Å². The molecule has 3 aliphatic heterocycles. The summed E-state index contributed by atoms with van der Waals surface area (Å²) < 4.78 is -0.612. The molecule has 0 radical (unpaired) electrons. The van der Waals surface area contributed by atoms with E-state index >= 15 is 0 Å². The van der Waals surface area contributed by atoms with E-state index < -0.39 is 9.62 Å². The summed E-state index contributed by atoms with van der Waals surface area (Å²) in [6, 6.07) is 20.8. The largest absolute Gasteiger partial charge is 0.321 e. The highest BCUT2D eigenvalue weighted by Crippen LogP contribution is 2.71. The molecule has 2 aromatic carbocycles. The molecule has 3 heterocycles. The van der Waals surface area contributed by atoms with Gasteiger partial charge in [0.15, 0.2) is 0 Å². The van der Waals surface area contributed by atoms with Crippen molar-refractivity contribution in [2.75, 3.05) is 6.54 Å². The normalized spacial score (nSPS) is 33.0. The number of benzene rings is 2. The number of nitriles is 1. The van der Waals surface area contributed by atoms with Crippen molar-refractivity contribution < 1.29 is 4.79 Å². The fourth-order valence-corrected chi connectivity index (χ4v) is 6.77. The minimum Gasteiger partial charge on any atom is -0.321 e. The molecule has 0 aliphatic carbocycles. The van der Waals surface area contributed by atoms with Crippen LogP contribution in [0.3, 0.4) is 0 Å². The number of amides is 1. The van der Waals surface area contributed by atoms with Crippen LogP contribution in [-0.4, -0.2) is 17.4 Å². The lowest BCUT2D eigenvalue weighted by Gasteiger charge is -2.45. The van der Waals surface area contributed by atoms with Gasteiger partial charge in [0.1, 0.15) is 9.62 Å². The minimum atomic E-state index is -0.612. The van der Waals surface area contributed by atoms with Gasteiger partial charge in [-0.05, 0) is 29.5 Å². The van der Waals surface area contributed by atoms with E-state index in [0.29, 0.717) is 13.0 Å². The number of fused-ring (bicyclic) bond motifs is 2. The third-order valence-electron chi connectivity index (χ3n) is 5.69. The van der Waals surface area contributed by atoms with E-state index in [9.17, 15) is 10.1 Å². The number of piperidine rings is 1. The first-order valence-corrected chi connectivity index (χ1v) is 9.10. The number of hydrogen-bond donors (Lipinski definition) is 0. The summed E-state index contributed by atoms with van der Waals surface area (Å²) in [5.41, 5.74) is 3.47. The van der Waals surface area contributed by atoms with Gasteiger partial charge in [0.05, 0.1) is 12.0 Å². The van der Waals surface area contributed by atoms with Crippen molar-refractivity contribution in [2.24, 2.45) is 5.92 Å². The molecule has 2 aromatic rings. The second-order valence-electron chi connectivity index (χ2n) is 6.74. The minimum absolute atomic E-state index is 0.179. The summed E-state index contributed by atoms with van der Waals surface area (Å²) >= 11 is 1.70. The Morgan fingerprint density at radius 3 is 2.67 bits per heavy atom. The Hall–Kier alpha value is -2.25. The molecule has 3 unspecified atom stereocenters. The number of rotatable bonds is 1. The maximum absolute atomic E-state index is 13.4. The van der Waals surface area contributed by atoms with Gasteiger partial charge in [0.25, 0.3) is 0 Å². The Kier molecular flexibility index (Phi) is 2.73. The highest BCUT2D eigenvalue weighted by atomic mass is 32.2. The topological polar surface area (TPSA) is 44.1 Å². The summed E-state index contributed by atoms with van der Waals surface area (Å²) in [4.78, 5) is 14.9. The molecule has 2 saturated heterocycles. The van der Waals surface area contributed by atoms with Gasteiger partial charge < -0.3 is 4.90 Å². The summed E-state index contributed by atoms with van der Waals surface area (Å²) in [6.07, 6.45) is 1.47. The van der Waals surface area contributed by atoms with Gasteiger partial charge in [-0.3, -0.25) is 4.79 Å². The Balaban J connectivity index is 1.77. The molecule has 0 saturated carbocycles. The molecule has 0 aromatic heterocycles. The summed E-state index contributed by atoms with van der Waals surface area (Å²) in [5.74, 6) is 0.00144. The van der Waals surface area contributed by atoms with Gasteiger partial charge in [-0.2, -0.15) is 5.26 Å². The van der Waals surface area contributed by atoms with Gasteiger partial charge in [-0.15, -0.1) is 11.8 Å². The number of thioether (sulfide) groups is 1. The Morgan fingerprint density at radius 1 is 1.12 bits per heavy atom. The fraction of sp³-hybridized carbons (Fsp3) is 0.300. The predicted octanol–water partition coefficient (Wildman–Crippen LogP) is 3.41. The van der Waals surface area contributed by atoms with Crippen molar-refractivity contribution in [3.63, 3.8) is 0 Å². The molecule has 2 fully saturated rings. The van der Waals surface area contributed by atoms with Gasteiger partial charge in [-0.1, -0.05) is 54.6 Å². The number of carbonyl (C=O) groups excluding carboxylic acids is 1. The third-order valence-corrected chi connectivity index (χ3v) is 7.65. The van der Waals surface area contributed by atoms with Crippen LogP contribution < -0.4 is 0 Å². The first kappa shape index (κ1) is 14.1. The van der Waals surface area contributed by atoms with E-state index in [2.05, 4.69) is 18.2 Å². The Morgan fingerprint density at radius 2 is 1.88 bits per heavy atom. The molecule has 3 aliphatic rings. The molecule has 4 heteroatoms. The standard InChI is InChI=1S/C20H16N2OS/c21-13-16-12-19(15-7-2-1-3-8-15)18(23)22-11-10-14-6-4-5-9-17(14)20(16,22)24-19/h1-9,16H,10-12H2. The average Bonchev–Trinajstić information content (AvgIpc) is 3.12. The molecule has 1 spiro atoms. The fourth-order valence-electron chi connectivity index (χ4n) is 4.66. The molecule has 24 heavy (non-hydrogen) atoms. The van der Waals surface area contributed by atoms with Crippen LogP contribution >= 0.6 is 11.8 Å². The highest BCUT2D eigenvalue weighted by Gasteiger charge is 2.72. The first-order chi connectivity index (χ1) is 11.7. The predicted molar refractivity (Wildman–Crippen MR) is 93.0 cm³/mol.